The zero-order valence-corrected chi connectivity index (χ0v) is 14.4. The van der Waals surface area contributed by atoms with E-state index in [1.54, 1.807) is 29.8 Å². The lowest BCUT2D eigenvalue weighted by atomic mass is 9.95. The monoisotopic (exact) mass is 355 g/mol. The van der Waals surface area contributed by atoms with Gasteiger partial charge in [0.2, 0.25) is 5.95 Å². The molecule has 0 atom stereocenters. The molecule has 0 bridgehead atoms. The SMILES string of the molecule is Nc1ncc(C2CCN(c3ncccc3-c3ccc(F)nc3)CC2)s1. The zero-order valence-electron chi connectivity index (χ0n) is 13.6. The molecule has 5 nitrogen and oxygen atoms in total. The summed E-state index contributed by atoms with van der Waals surface area (Å²) in [5, 5.41) is 0.633. The maximum atomic E-state index is 13.1. The summed E-state index contributed by atoms with van der Waals surface area (Å²) in [5.74, 6) is 0.961. The van der Waals surface area contributed by atoms with Crippen molar-refractivity contribution in [3.8, 4) is 11.1 Å². The van der Waals surface area contributed by atoms with Gasteiger partial charge in [0, 0.05) is 47.7 Å². The molecule has 0 radical (unpaired) electrons. The van der Waals surface area contributed by atoms with E-state index in [1.165, 1.54) is 10.9 Å². The third-order valence-corrected chi connectivity index (χ3v) is 5.55. The van der Waals surface area contributed by atoms with Gasteiger partial charge in [-0.1, -0.05) is 0 Å². The summed E-state index contributed by atoms with van der Waals surface area (Å²) in [4.78, 5) is 16.1. The number of hydrogen-bond donors (Lipinski definition) is 1. The minimum Gasteiger partial charge on any atom is -0.375 e. The van der Waals surface area contributed by atoms with Gasteiger partial charge >= 0.3 is 0 Å². The molecule has 4 heterocycles. The molecule has 3 aromatic rings. The molecule has 1 saturated heterocycles. The lowest BCUT2D eigenvalue weighted by Crippen LogP contribution is -2.33. The van der Waals surface area contributed by atoms with Crippen molar-refractivity contribution in [2.24, 2.45) is 0 Å². The number of piperidine rings is 1. The first-order valence-corrected chi connectivity index (χ1v) is 9.05. The number of pyridine rings is 2. The highest BCUT2D eigenvalue weighted by molar-refractivity contribution is 7.15. The number of hydrogen-bond acceptors (Lipinski definition) is 6. The summed E-state index contributed by atoms with van der Waals surface area (Å²) < 4.78 is 13.1. The minimum absolute atomic E-state index is 0.473. The molecule has 2 N–H and O–H groups in total. The average Bonchev–Trinajstić information content (AvgIpc) is 3.09. The van der Waals surface area contributed by atoms with Crippen LogP contribution >= 0.6 is 11.3 Å². The van der Waals surface area contributed by atoms with Gasteiger partial charge in [-0.05, 0) is 43.0 Å². The second-order valence-corrected chi connectivity index (χ2v) is 7.20. The Hall–Kier alpha value is -2.54. The van der Waals surface area contributed by atoms with Crippen molar-refractivity contribution < 1.29 is 4.39 Å². The molecule has 0 aromatic carbocycles. The maximum absolute atomic E-state index is 13.1. The molecule has 1 aliphatic rings. The van der Waals surface area contributed by atoms with Crippen LogP contribution in [-0.2, 0) is 0 Å². The van der Waals surface area contributed by atoms with Crippen LogP contribution in [0.1, 0.15) is 23.6 Å². The third-order valence-electron chi connectivity index (χ3n) is 4.56. The van der Waals surface area contributed by atoms with Gasteiger partial charge in [0.15, 0.2) is 5.13 Å². The summed E-state index contributed by atoms with van der Waals surface area (Å²) in [7, 11) is 0. The molecule has 0 saturated carbocycles. The second-order valence-electron chi connectivity index (χ2n) is 6.11. The average molecular weight is 355 g/mol. The number of nitrogen functional groups attached to an aromatic ring is 1. The van der Waals surface area contributed by atoms with Crippen molar-refractivity contribution in [2.45, 2.75) is 18.8 Å². The van der Waals surface area contributed by atoms with Gasteiger partial charge < -0.3 is 10.6 Å². The van der Waals surface area contributed by atoms with Crippen LogP contribution in [-0.4, -0.2) is 28.0 Å². The number of nitrogens with zero attached hydrogens (tertiary/aromatic N) is 4. The molecule has 0 aliphatic carbocycles. The van der Waals surface area contributed by atoms with E-state index in [4.69, 9.17) is 5.73 Å². The Morgan fingerprint density at radius 2 is 1.92 bits per heavy atom. The molecular formula is C18H18FN5S. The van der Waals surface area contributed by atoms with Crippen molar-refractivity contribution in [3.63, 3.8) is 0 Å². The Morgan fingerprint density at radius 1 is 1.08 bits per heavy atom. The lowest BCUT2D eigenvalue weighted by molar-refractivity contribution is 0.508. The van der Waals surface area contributed by atoms with E-state index in [-0.39, 0.29) is 0 Å². The lowest BCUT2D eigenvalue weighted by Gasteiger charge is -2.33. The molecule has 3 aromatic heterocycles. The van der Waals surface area contributed by atoms with E-state index in [9.17, 15) is 4.39 Å². The molecule has 0 amide bonds. The first kappa shape index (κ1) is 16.0. The van der Waals surface area contributed by atoms with E-state index in [1.807, 2.05) is 18.3 Å². The largest absolute Gasteiger partial charge is 0.375 e. The smallest absolute Gasteiger partial charge is 0.212 e. The molecule has 4 rings (SSSR count). The fourth-order valence-electron chi connectivity index (χ4n) is 3.27. The number of rotatable bonds is 3. The van der Waals surface area contributed by atoms with Gasteiger partial charge in [0.05, 0.1) is 0 Å². The van der Waals surface area contributed by atoms with Crippen molar-refractivity contribution in [2.75, 3.05) is 23.7 Å². The quantitative estimate of drug-likeness (QED) is 0.726. The Balaban J connectivity index is 1.54. The van der Waals surface area contributed by atoms with E-state index in [0.717, 1.165) is 42.9 Å². The highest BCUT2D eigenvalue weighted by Gasteiger charge is 2.24. The Kier molecular flexibility index (Phi) is 4.31. The van der Waals surface area contributed by atoms with Crippen molar-refractivity contribution in [1.29, 1.82) is 0 Å². The molecule has 25 heavy (non-hydrogen) atoms. The van der Waals surface area contributed by atoms with Crippen LogP contribution in [0.15, 0.2) is 42.9 Å². The van der Waals surface area contributed by atoms with Crippen LogP contribution in [0.4, 0.5) is 15.3 Å². The first-order valence-electron chi connectivity index (χ1n) is 8.24. The Labute approximate surface area is 149 Å². The first-order chi connectivity index (χ1) is 12.2. The standard InChI is InChI=1S/C18H18FN5S/c19-16-4-3-13(10-22-16)14-2-1-7-21-17(14)24-8-5-12(6-9-24)15-11-23-18(20)25-15/h1-4,7,10-12H,5-6,8-9H2,(H2,20,23). The van der Waals surface area contributed by atoms with E-state index in [0.29, 0.717) is 11.0 Å². The fraction of sp³-hybridized carbons (Fsp3) is 0.278. The number of halogens is 1. The Morgan fingerprint density at radius 3 is 2.60 bits per heavy atom. The van der Waals surface area contributed by atoms with Crippen molar-refractivity contribution in [3.05, 3.63) is 53.7 Å². The molecule has 1 aliphatic heterocycles. The van der Waals surface area contributed by atoms with E-state index >= 15 is 0 Å². The van der Waals surface area contributed by atoms with E-state index < -0.39 is 5.95 Å². The number of anilines is 2. The maximum Gasteiger partial charge on any atom is 0.212 e. The Bertz CT molecular complexity index is 856. The van der Waals surface area contributed by atoms with Gasteiger partial charge in [-0.25, -0.2) is 15.0 Å². The molecule has 1 fully saturated rings. The topological polar surface area (TPSA) is 67.9 Å². The summed E-state index contributed by atoms with van der Waals surface area (Å²) in [6.07, 6.45) is 7.34. The molecular weight excluding hydrogens is 337 g/mol. The predicted molar refractivity (Wildman–Crippen MR) is 98.1 cm³/mol. The summed E-state index contributed by atoms with van der Waals surface area (Å²) in [6.45, 7) is 1.84. The van der Waals surface area contributed by atoms with Crippen molar-refractivity contribution in [1.82, 2.24) is 15.0 Å². The normalized spacial score (nSPS) is 15.5. The van der Waals surface area contributed by atoms with Crippen LogP contribution in [0.3, 0.4) is 0 Å². The van der Waals surface area contributed by atoms with Gasteiger partial charge in [-0.3, -0.25) is 0 Å². The predicted octanol–water partition coefficient (Wildman–Crippen LogP) is 3.71. The number of thiazole rings is 1. The van der Waals surface area contributed by atoms with E-state index in [2.05, 4.69) is 19.9 Å². The van der Waals surface area contributed by atoms with Crippen LogP contribution in [0, 0.1) is 5.95 Å². The van der Waals surface area contributed by atoms with Gasteiger partial charge in [-0.15, -0.1) is 11.3 Å². The van der Waals surface area contributed by atoms with Gasteiger partial charge in [-0.2, -0.15) is 4.39 Å². The van der Waals surface area contributed by atoms with Crippen LogP contribution in [0.25, 0.3) is 11.1 Å². The fourth-order valence-corrected chi connectivity index (χ4v) is 4.13. The van der Waals surface area contributed by atoms with Crippen molar-refractivity contribution >= 4 is 22.3 Å². The van der Waals surface area contributed by atoms with Gasteiger partial charge in [0.1, 0.15) is 5.82 Å². The number of aromatic nitrogens is 3. The highest BCUT2D eigenvalue weighted by Crippen LogP contribution is 2.36. The summed E-state index contributed by atoms with van der Waals surface area (Å²) in [6, 6.07) is 7.03. The molecule has 128 valence electrons. The number of nitrogens with two attached hydrogens (primary N) is 1. The minimum atomic E-state index is -0.473. The molecule has 0 spiro atoms. The third kappa shape index (κ3) is 3.32. The second kappa shape index (κ2) is 6.76. The summed E-state index contributed by atoms with van der Waals surface area (Å²) >= 11 is 1.58. The van der Waals surface area contributed by atoms with Crippen LogP contribution in [0.5, 0.6) is 0 Å². The van der Waals surface area contributed by atoms with Gasteiger partial charge in [0.25, 0.3) is 0 Å². The molecule has 7 heteroatoms. The van der Waals surface area contributed by atoms with Crippen LogP contribution in [0.2, 0.25) is 0 Å². The molecule has 0 unspecified atom stereocenters. The highest BCUT2D eigenvalue weighted by atomic mass is 32.1. The zero-order chi connectivity index (χ0) is 17.2. The van der Waals surface area contributed by atoms with Crippen LogP contribution < -0.4 is 10.6 Å². The summed E-state index contributed by atoms with van der Waals surface area (Å²) in [5.41, 5.74) is 7.61.